The van der Waals surface area contributed by atoms with Crippen LogP contribution in [-0.2, 0) is 24.4 Å². The molecule has 254 valence electrons. The zero-order valence-electron chi connectivity index (χ0n) is 27.0. The molecule has 0 saturated heterocycles. The maximum absolute atomic E-state index is 14.1. The predicted octanol–water partition coefficient (Wildman–Crippen LogP) is 2.88. The first kappa shape index (κ1) is 32.1. The number of fused-ring (bicyclic) bond motifs is 3. The molecule has 3 aromatic rings. The zero-order valence-corrected chi connectivity index (χ0v) is 27.8. The highest BCUT2D eigenvalue weighted by atomic mass is 32.2. The number of rotatable bonds is 7. The molecule has 3 amide bonds. The molecule has 3 fully saturated rings. The molecular weight excluding hydrogens is 636 g/mol. The summed E-state index contributed by atoms with van der Waals surface area (Å²) in [6.07, 6.45) is 10.9. The highest BCUT2D eigenvalue weighted by molar-refractivity contribution is 7.91. The van der Waals surface area contributed by atoms with Crippen molar-refractivity contribution < 1.29 is 32.3 Å². The molecule has 48 heavy (non-hydrogen) atoms. The van der Waals surface area contributed by atoms with Gasteiger partial charge in [-0.25, -0.2) is 13.1 Å². The van der Waals surface area contributed by atoms with Crippen LogP contribution in [0.15, 0.2) is 54.9 Å². The van der Waals surface area contributed by atoms with E-state index < -0.39 is 50.6 Å². The monoisotopic (exact) mass is 676 g/mol. The minimum absolute atomic E-state index is 0.163. The number of pyridine rings is 1. The van der Waals surface area contributed by atoms with Crippen LogP contribution in [0.1, 0.15) is 51.4 Å². The summed E-state index contributed by atoms with van der Waals surface area (Å²) in [6.45, 7) is 0.553. The third-order valence-electron chi connectivity index (χ3n) is 10.0. The number of methoxy groups -OCH3 is 1. The van der Waals surface area contributed by atoms with Crippen LogP contribution in [0.25, 0.3) is 16.6 Å². The van der Waals surface area contributed by atoms with Gasteiger partial charge in [0, 0.05) is 37.3 Å². The van der Waals surface area contributed by atoms with E-state index in [9.17, 15) is 22.8 Å². The van der Waals surface area contributed by atoms with Crippen molar-refractivity contribution in [1.82, 2.24) is 29.7 Å². The Morgan fingerprint density at radius 3 is 2.69 bits per heavy atom. The van der Waals surface area contributed by atoms with E-state index in [0.29, 0.717) is 36.8 Å². The lowest BCUT2D eigenvalue weighted by Gasteiger charge is -2.26. The number of amides is 3. The number of sulfonamides is 1. The number of nitrogens with one attached hydrogen (secondary N) is 2. The van der Waals surface area contributed by atoms with E-state index in [1.165, 1.54) is 0 Å². The topological polar surface area (TPSA) is 162 Å². The van der Waals surface area contributed by atoms with Crippen molar-refractivity contribution in [1.29, 1.82) is 0 Å². The van der Waals surface area contributed by atoms with Crippen LogP contribution in [-0.4, -0.2) is 83.4 Å². The molecule has 0 spiro atoms. The normalized spacial score (nSPS) is 28.5. The van der Waals surface area contributed by atoms with Crippen molar-refractivity contribution in [3.05, 3.63) is 54.9 Å². The first-order chi connectivity index (χ1) is 23.1. The smallest absolute Gasteiger partial charge is 0.259 e. The van der Waals surface area contributed by atoms with Gasteiger partial charge in [-0.05, 0) is 87.1 Å². The lowest BCUT2D eigenvalue weighted by atomic mass is 9.93. The predicted molar refractivity (Wildman–Crippen MR) is 176 cm³/mol. The summed E-state index contributed by atoms with van der Waals surface area (Å²) in [5.41, 5.74) is -1.40. The maximum Gasteiger partial charge on any atom is 0.259 e. The quantitative estimate of drug-likeness (QED) is 0.359. The number of carbonyl (C=O) groups is 3. The maximum atomic E-state index is 14.1. The van der Waals surface area contributed by atoms with E-state index in [1.807, 2.05) is 36.4 Å². The van der Waals surface area contributed by atoms with Crippen molar-refractivity contribution in [3.63, 3.8) is 0 Å². The summed E-state index contributed by atoms with van der Waals surface area (Å²) < 4.78 is 41.3. The minimum Gasteiger partial charge on any atom is -0.497 e. The zero-order chi connectivity index (χ0) is 33.6. The summed E-state index contributed by atoms with van der Waals surface area (Å²) in [6, 6.07) is 9.23. The summed E-state index contributed by atoms with van der Waals surface area (Å²) in [5.74, 6) is -1.67. The highest BCUT2D eigenvalue weighted by Crippen LogP contribution is 2.47. The van der Waals surface area contributed by atoms with Crippen LogP contribution in [0, 0.1) is 17.8 Å². The first-order valence-electron chi connectivity index (χ1n) is 16.5. The van der Waals surface area contributed by atoms with Crippen molar-refractivity contribution in [2.24, 2.45) is 17.8 Å². The molecule has 0 radical (unpaired) electrons. The fraction of sp³-hybridized carbons (Fsp3) is 0.500. The minimum atomic E-state index is -3.82. The van der Waals surface area contributed by atoms with Gasteiger partial charge < -0.3 is 19.7 Å². The van der Waals surface area contributed by atoms with E-state index >= 15 is 0 Å². The number of carbonyl (C=O) groups excluding carboxylic acids is 3. The van der Waals surface area contributed by atoms with Gasteiger partial charge in [0.05, 0.1) is 24.2 Å². The molecule has 5 atom stereocenters. The van der Waals surface area contributed by atoms with E-state index in [2.05, 4.69) is 15.1 Å². The van der Waals surface area contributed by atoms with Gasteiger partial charge >= 0.3 is 0 Å². The number of nitrogens with zero attached hydrogens (tertiary/aromatic N) is 4. The Kier molecular flexibility index (Phi) is 8.38. The first-order valence-corrected chi connectivity index (χ1v) is 18.1. The SMILES string of the molecule is COc1ccc2c(O[C@@H]3C[C@H]4C(=O)N[C@]5(C(=O)NS(=O)(=O)C6CC6)C[C@H]5/C=C\CCCCN(C)C(=O)[C@@H]4C3)nc(-n3cccn3)cc2c1. The number of ether oxygens (including phenoxy) is 2. The molecule has 14 heteroatoms. The fourth-order valence-electron chi connectivity index (χ4n) is 6.98. The Morgan fingerprint density at radius 1 is 1.12 bits per heavy atom. The van der Waals surface area contributed by atoms with Crippen LogP contribution in [0.5, 0.6) is 11.6 Å². The molecule has 13 nitrogen and oxygen atoms in total. The summed E-state index contributed by atoms with van der Waals surface area (Å²) in [5, 5.41) is 8.22. The number of hydrogen-bond acceptors (Lipinski definition) is 9. The number of aromatic nitrogens is 3. The van der Waals surface area contributed by atoms with Crippen LogP contribution in [0.3, 0.4) is 0 Å². The van der Waals surface area contributed by atoms with Crippen LogP contribution < -0.4 is 19.5 Å². The number of allylic oxidation sites excluding steroid dienone is 1. The molecule has 2 N–H and O–H groups in total. The van der Waals surface area contributed by atoms with E-state index in [0.717, 1.165) is 30.0 Å². The second-order valence-electron chi connectivity index (χ2n) is 13.4. The van der Waals surface area contributed by atoms with Crippen molar-refractivity contribution in [2.75, 3.05) is 20.7 Å². The van der Waals surface area contributed by atoms with E-state index in [4.69, 9.17) is 14.5 Å². The van der Waals surface area contributed by atoms with Gasteiger partial charge in [-0.1, -0.05) is 12.2 Å². The lowest BCUT2D eigenvalue weighted by molar-refractivity contribution is -0.140. The molecule has 3 saturated carbocycles. The Balaban J connectivity index is 1.19. The highest BCUT2D eigenvalue weighted by Gasteiger charge is 2.62. The van der Waals surface area contributed by atoms with Gasteiger partial charge in [-0.15, -0.1) is 0 Å². The second kappa shape index (κ2) is 12.5. The van der Waals surface area contributed by atoms with Gasteiger partial charge in [-0.2, -0.15) is 10.1 Å². The Hall–Kier alpha value is -4.46. The molecule has 1 aliphatic heterocycles. The van der Waals surface area contributed by atoms with Gasteiger partial charge in [-0.3, -0.25) is 19.1 Å². The van der Waals surface area contributed by atoms with E-state index in [1.54, 1.807) is 42.2 Å². The molecule has 3 aliphatic carbocycles. The molecular formula is C34H40N6O7S. The van der Waals surface area contributed by atoms with Crippen molar-refractivity contribution in [3.8, 4) is 17.4 Å². The third-order valence-corrected chi connectivity index (χ3v) is 11.8. The molecule has 0 bridgehead atoms. The summed E-state index contributed by atoms with van der Waals surface area (Å²) in [4.78, 5) is 48.0. The molecule has 3 heterocycles. The summed E-state index contributed by atoms with van der Waals surface area (Å²) in [7, 11) is -0.480. The van der Waals surface area contributed by atoms with E-state index in [-0.39, 0.29) is 31.1 Å². The Morgan fingerprint density at radius 2 is 1.94 bits per heavy atom. The number of benzene rings is 1. The molecule has 4 aliphatic rings. The summed E-state index contributed by atoms with van der Waals surface area (Å²) >= 11 is 0. The van der Waals surface area contributed by atoms with Crippen LogP contribution in [0.4, 0.5) is 0 Å². The van der Waals surface area contributed by atoms with Gasteiger partial charge in [0.2, 0.25) is 27.7 Å². The average Bonchev–Trinajstić information content (AvgIpc) is 3.93. The van der Waals surface area contributed by atoms with Gasteiger partial charge in [0.1, 0.15) is 17.4 Å². The Labute approximate surface area is 279 Å². The van der Waals surface area contributed by atoms with Crippen LogP contribution >= 0.6 is 0 Å². The van der Waals surface area contributed by atoms with Gasteiger partial charge in [0.25, 0.3) is 5.91 Å². The molecule has 2 aromatic heterocycles. The largest absolute Gasteiger partial charge is 0.497 e. The molecule has 1 aromatic carbocycles. The second-order valence-corrected chi connectivity index (χ2v) is 15.3. The molecule has 7 rings (SSSR count). The standard InChI is InChI=1S/C34H40N6O7S/c1-39-14-6-4-3-5-8-22-20-34(22,33(43)38-48(44,45)25-10-11-25)37-30(41)27-18-24(19-28(27)32(39)42)47-31-26-12-9-23(46-2)16-21(26)17-29(36-31)40-15-7-13-35-40/h5,7-9,12-13,15-17,22,24-25,27-28H,3-4,6,10-11,14,18-20H2,1-2H3,(H,37,41)(H,38,43)/b8-5-/t22-,24-,27-,28-,34-/m1/s1. The van der Waals surface area contributed by atoms with Gasteiger partial charge in [0.15, 0.2) is 5.82 Å². The number of hydrogen-bond donors (Lipinski definition) is 2. The van der Waals surface area contributed by atoms with Crippen molar-refractivity contribution >= 4 is 38.5 Å². The fourth-order valence-corrected chi connectivity index (χ4v) is 8.34. The molecule has 0 unspecified atom stereocenters. The Bertz CT molecular complexity index is 1880. The van der Waals surface area contributed by atoms with Crippen molar-refractivity contribution in [2.45, 2.75) is 68.3 Å². The average molecular weight is 677 g/mol. The third kappa shape index (κ3) is 6.25. The lowest BCUT2D eigenvalue weighted by Crippen LogP contribution is -2.54. The van der Waals surface area contributed by atoms with Crippen LogP contribution in [0.2, 0.25) is 0 Å².